The zero-order chi connectivity index (χ0) is 17.3. The van der Waals surface area contributed by atoms with Gasteiger partial charge in [0.25, 0.3) is 0 Å². The van der Waals surface area contributed by atoms with Gasteiger partial charge >= 0.3 is 0 Å². The molecular formula is C18H32N4O2. The maximum absolute atomic E-state index is 12.4. The molecule has 3 aliphatic rings. The highest BCUT2D eigenvalue weighted by Gasteiger charge is 2.66. The molecule has 3 unspecified atom stereocenters. The molecule has 6 nitrogen and oxygen atoms in total. The van der Waals surface area contributed by atoms with Crippen LogP contribution in [0.3, 0.4) is 0 Å². The number of rotatable bonds is 5. The fraction of sp³-hybridized carbons (Fsp3) is 0.889. The van der Waals surface area contributed by atoms with Gasteiger partial charge in [-0.05, 0) is 33.1 Å². The van der Waals surface area contributed by atoms with E-state index >= 15 is 0 Å². The van der Waals surface area contributed by atoms with Gasteiger partial charge in [-0.1, -0.05) is 6.42 Å². The number of carbonyl (C=O) groups is 1. The molecule has 1 heterocycles. The number of likely N-dealkylation sites (N-methyl/N-ethyl adjacent to an activating group) is 2. The van der Waals surface area contributed by atoms with E-state index in [1.807, 2.05) is 30.7 Å². The molecule has 1 N–H and O–H groups in total. The van der Waals surface area contributed by atoms with Crippen LogP contribution in [0.25, 0.3) is 0 Å². The third-order valence-corrected chi connectivity index (χ3v) is 6.38. The number of carbonyl (C=O) groups excluding carboxylic acids is 1. The van der Waals surface area contributed by atoms with Crippen LogP contribution in [0.1, 0.15) is 39.5 Å². The SMILES string of the molecule is CCN(CC)C(=O)CN(C)C(=NC)NC1C2CCOC2C12CCC2. The first kappa shape index (κ1) is 17.5. The first-order chi connectivity index (χ1) is 11.6. The molecule has 3 rings (SSSR count). The predicted molar refractivity (Wildman–Crippen MR) is 95.0 cm³/mol. The summed E-state index contributed by atoms with van der Waals surface area (Å²) < 4.78 is 5.99. The number of fused-ring (bicyclic) bond motifs is 2. The standard InChI is InChI=1S/C18H32N4O2/c1-5-22(6-2)14(23)12-21(4)17(19-3)20-15-13-8-11-24-16(13)18(15)9-7-10-18/h13,15-16H,5-12H2,1-4H3,(H,19,20). The second-order valence-electron chi connectivity index (χ2n) is 7.42. The number of nitrogens with one attached hydrogen (secondary N) is 1. The molecule has 0 radical (unpaired) electrons. The number of nitrogens with zero attached hydrogens (tertiary/aromatic N) is 3. The number of amides is 1. The maximum atomic E-state index is 12.4. The van der Waals surface area contributed by atoms with E-state index in [9.17, 15) is 4.79 Å². The van der Waals surface area contributed by atoms with Crippen LogP contribution in [-0.4, -0.2) is 74.1 Å². The lowest BCUT2D eigenvalue weighted by Gasteiger charge is -2.63. The van der Waals surface area contributed by atoms with E-state index in [4.69, 9.17) is 4.74 Å². The molecule has 0 aromatic heterocycles. The van der Waals surface area contributed by atoms with Crippen LogP contribution < -0.4 is 5.32 Å². The van der Waals surface area contributed by atoms with E-state index in [1.165, 1.54) is 19.3 Å². The monoisotopic (exact) mass is 336 g/mol. The Morgan fingerprint density at radius 2 is 2.04 bits per heavy atom. The zero-order valence-electron chi connectivity index (χ0n) is 15.5. The van der Waals surface area contributed by atoms with Crippen LogP contribution in [0, 0.1) is 11.3 Å². The summed E-state index contributed by atoms with van der Waals surface area (Å²) in [4.78, 5) is 20.6. The summed E-state index contributed by atoms with van der Waals surface area (Å²) in [6, 6.07) is 0.448. The molecule has 3 fully saturated rings. The summed E-state index contributed by atoms with van der Waals surface area (Å²) in [6.45, 7) is 6.80. The fourth-order valence-electron chi connectivity index (χ4n) is 4.89. The summed E-state index contributed by atoms with van der Waals surface area (Å²) in [7, 11) is 3.75. The number of aliphatic imine (C=N–C) groups is 1. The fourth-order valence-corrected chi connectivity index (χ4v) is 4.89. The van der Waals surface area contributed by atoms with E-state index in [0.29, 0.717) is 30.0 Å². The van der Waals surface area contributed by atoms with E-state index < -0.39 is 0 Å². The number of hydrogen-bond acceptors (Lipinski definition) is 3. The largest absolute Gasteiger partial charge is 0.377 e. The molecule has 1 aliphatic heterocycles. The Balaban J connectivity index is 1.61. The Bertz CT molecular complexity index is 499. The minimum atomic E-state index is 0.152. The lowest BCUT2D eigenvalue weighted by molar-refractivity contribution is -0.171. The zero-order valence-corrected chi connectivity index (χ0v) is 15.5. The van der Waals surface area contributed by atoms with Gasteiger partial charge in [-0.2, -0.15) is 0 Å². The molecule has 6 heteroatoms. The number of guanidine groups is 1. The highest BCUT2D eigenvalue weighted by Crippen LogP contribution is 2.62. The summed E-state index contributed by atoms with van der Waals surface area (Å²) >= 11 is 0. The average Bonchev–Trinajstić information content (AvgIpc) is 2.92. The normalized spacial score (nSPS) is 30.3. The molecule has 24 heavy (non-hydrogen) atoms. The summed E-state index contributed by atoms with van der Waals surface area (Å²) in [5, 5.41) is 3.67. The van der Waals surface area contributed by atoms with Gasteiger partial charge in [0.2, 0.25) is 5.91 Å². The van der Waals surface area contributed by atoms with Crippen LogP contribution >= 0.6 is 0 Å². The van der Waals surface area contributed by atoms with E-state index in [1.54, 1.807) is 7.05 Å². The Kier molecular flexibility index (Phi) is 5.04. The van der Waals surface area contributed by atoms with Gasteiger partial charge in [-0.25, -0.2) is 0 Å². The van der Waals surface area contributed by atoms with E-state index in [0.717, 1.165) is 32.1 Å². The molecule has 0 aromatic rings. The van der Waals surface area contributed by atoms with Crippen molar-refractivity contribution in [3.8, 4) is 0 Å². The summed E-state index contributed by atoms with van der Waals surface area (Å²) in [5.74, 6) is 1.59. The van der Waals surface area contributed by atoms with E-state index in [-0.39, 0.29) is 5.91 Å². The van der Waals surface area contributed by atoms with Crippen LogP contribution in [0.15, 0.2) is 4.99 Å². The van der Waals surface area contributed by atoms with E-state index in [2.05, 4.69) is 10.3 Å². The highest BCUT2D eigenvalue weighted by atomic mass is 16.5. The Morgan fingerprint density at radius 1 is 1.33 bits per heavy atom. The predicted octanol–water partition coefficient (Wildman–Crippen LogP) is 1.32. The van der Waals surface area contributed by atoms with Gasteiger partial charge in [0.1, 0.15) is 0 Å². The Hall–Kier alpha value is -1.30. The number of hydrogen-bond donors (Lipinski definition) is 1. The van der Waals surface area contributed by atoms with Crippen LogP contribution in [0.5, 0.6) is 0 Å². The number of ether oxygens (including phenoxy) is 1. The van der Waals surface area contributed by atoms with Gasteiger partial charge in [0, 0.05) is 51.2 Å². The second-order valence-corrected chi connectivity index (χ2v) is 7.42. The lowest BCUT2D eigenvalue weighted by Crippen LogP contribution is -2.72. The van der Waals surface area contributed by atoms with Crippen molar-refractivity contribution in [2.75, 3.05) is 40.3 Å². The smallest absolute Gasteiger partial charge is 0.242 e. The Morgan fingerprint density at radius 3 is 2.58 bits per heavy atom. The lowest BCUT2D eigenvalue weighted by atomic mass is 9.46. The third-order valence-electron chi connectivity index (χ3n) is 6.38. The molecule has 2 aliphatic carbocycles. The van der Waals surface area contributed by atoms with Crippen molar-refractivity contribution in [1.82, 2.24) is 15.1 Å². The van der Waals surface area contributed by atoms with Gasteiger partial charge < -0.3 is 19.9 Å². The van der Waals surface area contributed by atoms with Gasteiger partial charge in [-0.15, -0.1) is 0 Å². The summed E-state index contributed by atoms with van der Waals surface area (Å²) in [6.07, 6.45) is 5.41. The highest BCUT2D eigenvalue weighted by molar-refractivity contribution is 5.86. The Labute approximate surface area is 145 Å². The van der Waals surface area contributed by atoms with Crippen LogP contribution in [-0.2, 0) is 9.53 Å². The molecule has 1 spiro atoms. The van der Waals surface area contributed by atoms with Crippen molar-refractivity contribution in [2.45, 2.75) is 51.7 Å². The van der Waals surface area contributed by atoms with Gasteiger partial charge in [0.15, 0.2) is 5.96 Å². The minimum absolute atomic E-state index is 0.152. The van der Waals surface area contributed by atoms with Crippen molar-refractivity contribution in [3.05, 3.63) is 0 Å². The summed E-state index contributed by atoms with van der Waals surface area (Å²) in [5.41, 5.74) is 0.320. The van der Waals surface area contributed by atoms with Crippen molar-refractivity contribution in [3.63, 3.8) is 0 Å². The second kappa shape index (κ2) is 6.90. The molecule has 1 amide bonds. The van der Waals surface area contributed by atoms with Gasteiger partial charge in [-0.3, -0.25) is 9.79 Å². The maximum Gasteiger partial charge on any atom is 0.242 e. The van der Waals surface area contributed by atoms with Crippen molar-refractivity contribution >= 4 is 11.9 Å². The molecule has 2 saturated carbocycles. The molecule has 3 atom stereocenters. The first-order valence-electron chi connectivity index (χ1n) is 9.41. The van der Waals surface area contributed by atoms with Gasteiger partial charge in [0.05, 0.1) is 12.6 Å². The first-order valence-corrected chi connectivity index (χ1v) is 9.41. The van der Waals surface area contributed by atoms with Crippen molar-refractivity contribution in [1.29, 1.82) is 0 Å². The molecule has 1 saturated heterocycles. The van der Waals surface area contributed by atoms with Crippen LogP contribution in [0.4, 0.5) is 0 Å². The van der Waals surface area contributed by atoms with Crippen molar-refractivity contribution < 1.29 is 9.53 Å². The van der Waals surface area contributed by atoms with Crippen molar-refractivity contribution in [2.24, 2.45) is 16.3 Å². The minimum Gasteiger partial charge on any atom is -0.377 e. The third kappa shape index (κ3) is 2.68. The molecule has 0 aromatic carbocycles. The molecular weight excluding hydrogens is 304 g/mol. The molecule has 0 bridgehead atoms. The molecule has 136 valence electrons. The van der Waals surface area contributed by atoms with Crippen LogP contribution in [0.2, 0.25) is 0 Å². The quantitative estimate of drug-likeness (QED) is 0.608. The average molecular weight is 336 g/mol. The topological polar surface area (TPSA) is 57.2 Å².